The highest BCUT2D eigenvalue weighted by Crippen LogP contribution is 2.58. The van der Waals surface area contributed by atoms with Gasteiger partial charge in [-0.15, -0.1) is 11.3 Å². The van der Waals surface area contributed by atoms with Crippen LogP contribution in [-0.2, 0) is 15.6 Å². The lowest BCUT2D eigenvalue weighted by Gasteiger charge is -2.17. The molecule has 3 aromatic rings. The number of benzene rings is 2. The quantitative estimate of drug-likeness (QED) is 0.613. The van der Waals surface area contributed by atoms with Gasteiger partial charge in [0.15, 0.2) is 16.6 Å². The Hall–Kier alpha value is -3.06. The van der Waals surface area contributed by atoms with Gasteiger partial charge in [-0.25, -0.2) is 4.98 Å². The second-order valence-corrected chi connectivity index (χ2v) is 9.45. The van der Waals surface area contributed by atoms with Crippen molar-refractivity contribution >= 4 is 22.4 Å². The Morgan fingerprint density at radius 2 is 1.90 bits per heavy atom. The van der Waals surface area contributed by atoms with Crippen LogP contribution in [0.5, 0.6) is 17.2 Å². The molecule has 2 saturated carbocycles. The highest BCUT2D eigenvalue weighted by atomic mass is 32.1. The monoisotopic (exact) mass is 434 g/mol. The van der Waals surface area contributed by atoms with E-state index in [1.165, 1.54) is 10.4 Å². The number of hydrogen-bond acceptors (Lipinski definition) is 6. The summed E-state index contributed by atoms with van der Waals surface area (Å²) in [6.45, 7) is 0.230. The zero-order valence-electron chi connectivity index (χ0n) is 17.1. The molecule has 31 heavy (non-hydrogen) atoms. The average molecular weight is 435 g/mol. The summed E-state index contributed by atoms with van der Waals surface area (Å²) in [5.41, 5.74) is 1.60. The number of carbonyl (C=O) groups is 1. The van der Waals surface area contributed by atoms with Gasteiger partial charge in [-0.05, 0) is 49.4 Å². The Morgan fingerprint density at radius 1 is 1.10 bits per heavy atom. The van der Waals surface area contributed by atoms with Crippen molar-refractivity contribution in [2.24, 2.45) is 0 Å². The number of ether oxygens (including phenoxy) is 3. The number of methoxy groups -OCH3 is 1. The summed E-state index contributed by atoms with van der Waals surface area (Å²) in [5.74, 6) is 2.34. The number of hydrogen-bond donors (Lipinski definition) is 1. The first-order valence-corrected chi connectivity index (χ1v) is 11.3. The summed E-state index contributed by atoms with van der Waals surface area (Å²) in [4.78, 5) is 18.9. The predicted molar refractivity (Wildman–Crippen MR) is 117 cm³/mol. The lowest BCUT2D eigenvalue weighted by Crippen LogP contribution is -2.27. The molecule has 2 aliphatic carbocycles. The van der Waals surface area contributed by atoms with E-state index in [4.69, 9.17) is 14.2 Å². The number of rotatable bonds is 6. The Balaban J connectivity index is 1.24. The molecule has 0 bridgehead atoms. The third-order valence-electron chi connectivity index (χ3n) is 6.68. The number of thiazole rings is 1. The number of carbonyl (C=O) groups excluding carboxylic acids is 1. The van der Waals surface area contributed by atoms with Crippen LogP contribution < -0.4 is 19.5 Å². The standard InChI is InChI=1S/C24H22N2O4S/c1-28-17-5-3-2-4-16(17)24(10-11-24)20-13-25-22(31-20)26-21(27)23(8-9-23)15-6-7-18-19(12-15)30-14-29-18/h2-7,12-13H,8-11,14H2,1H3,(H,25,26,27). The molecule has 2 aromatic carbocycles. The van der Waals surface area contributed by atoms with Crippen LogP contribution in [0.2, 0.25) is 0 Å². The molecule has 6 rings (SSSR count). The average Bonchev–Trinajstić information content (AvgIpc) is 3.69. The van der Waals surface area contributed by atoms with E-state index in [1.54, 1.807) is 18.4 Å². The normalized spacial score (nSPS) is 19.0. The highest BCUT2D eigenvalue weighted by Gasteiger charge is 2.52. The van der Waals surface area contributed by atoms with Crippen molar-refractivity contribution in [2.75, 3.05) is 19.2 Å². The van der Waals surface area contributed by atoms with Gasteiger partial charge in [0, 0.05) is 22.1 Å². The van der Waals surface area contributed by atoms with Gasteiger partial charge < -0.3 is 19.5 Å². The number of fused-ring (bicyclic) bond motifs is 1. The summed E-state index contributed by atoms with van der Waals surface area (Å²) in [6, 6.07) is 13.9. The topological polar surface area (TPSA) is 69.7 Å². The molecule has 2 heterocycles. The molecule has 7 heteroatoms. The van der Waals surface area contributed by atoms with Gasteiger partial charge in [0.05, 0.1) is 12.5 Å². The minimum atomic E-state index is -0.507. The molecule has 0 saturated heterocycles. The molecular formula is C24H22N2O4S. The SMILES string of the molecule is COc1ccccc1C1(c2cnc(NC(=O)C3(c4ccc5c(c4)OCO5)CC3)s2)CC1. The zero-order valence-corrected chi connectivity index (χ0v) is 18.0. The lowest BCUT2D eigenvalue weighted by molar-refractivity contribution is -0.118. The van der Waals surface area contributed by atoms with Gasteiger partial charge in [-0.3, -0.25) is 4.79 Å². The molecule has 1 aliphatic heterocycles. The molecule has 6 nitrogen and oxygen atoms in total. The molecular weight excluding hydrogens is 412 g/mol. The third-order valence-corrected chi connectivity index (χ3v) is 7.80. The first-order valence-electron chi connectivity index (χ1n) is 10.5. The van der Waals surface area contributed by atoms with E-state index in [-0.39, 0.29) is 18.1 Å². The van der Waals surface area contributed by atoms with Crippen LogP contribution in [0.25, 0.3) is 0 Å². The molecule has 1 aromatic heterocycles. The van der Waals surface area contributed by atoms with Crippen molar-refractivity contribution in [1.29, 1.82) is 0 Å². The van der Waals surface area contributed by atoms with Crippen LogP contribution in [0, 0.1) is 0 Å². The van der Waals surface area contributed by atoms with E-state index < -0.39 is 5.41 Å². The number of nitrogens with one attached hydrogen (secondary N) is 1. The van der Waals surface area contributed by atoms with Crippen molar-refractivity contribution in [3.8, 4) is 17.2 Å². The fourth-order valence-electron chi connectivity index (χ4n) is 4.55. The molecule has 0 radical (unpaired) electrons. The van der Waals surface area contributed by atoms with E-state index in [0.29, 0.717) is 10.9 Å². The maximum atomic E-state index is 13.2. The Kier molecular flexibility index (Phi) is 4.05. The second-order valence-electron chi connectivity index (χ2n) is 8.42. The number of amides is 1. The summed E-state index contributed by atoms with van der Waals surface area (Å²) in [7, 11) is 1.71. The first-order chi connectivity index (χ1) is 15.1. The maximum absolute atomic E-state index is 13.2. The van der Waals surface area contributed by atoms with Crippen LogP contribution in [0.15, 0.2) is 48.7 Å². The Labute approximate surface area is 184 Å². The van der Waals surface area contributed by atoms with Crippen LogP contribution in [0.1, 0.15) is 41.7 Å². The summed E-state index contributed by atoms with van der Waals surface area (Å²) < 4.78 is 16.5. The van der Waals surface area contributed by atoms with Crippen LogP contribution in [0.3, 0.4) is 0 Å². The summed E-state index contributed by atoms with van der Waals surface area (Å²) in [6.07, 6.45) is 5.66. The summed E-state index contributed by atoms with van der Waals surface area (Å²) >= 11 is 1.56. The van der Waals surface area contributed by atoms with E-state index in [9.17, 15) is 4.79 Å². The van der Waals surface area contributed by atoms with Gasteiger partial charge in [0.2, 0.25) is 12.7 Å². The van der Waals surface area contributed by atoms with Crippen molar-refractivity contribution in [3.63, 3.8) is 0 Å². The van der Waals surface area contributed by atoms with E-state index in [0.717, 1.165) is 42.7 Å². The van der Waals surface area contributed by atoms with Gasteiger partial charge >= 0.3 is 0 Å². The molecule has 2 fully saturated rings. The molecule has 0 spiro atoms. The highest BCUT2D eigenvalue weighted by molar-refractivity contribution is 7.16. The van der Waals surface area contributed by atoms with E-state index in [1.807, 2.05) is 42.6 Å². The van der Waals surface area contributed by atoms with Gasteiger partial charge in [0.25, 0.3) is 0 Å². The van der Waals surface area contributed by atoms with Crippen molar-refractivity contribution in [3.05, 3.63) is 64.7 Å². The molecule has 158 valence electrons. The Bertz CT molecular complexity index is 1180. The smallest absolute Gasteiger partial charge is 0.236 e. The predicted octanol–water partition coefficient (Wildman–Crippen LogP) is 4.63. The van der Waals surface area contributed by atoms with Crippen molar-refractivity contribution in [2.45, 2.75) is 36.5 Å². The third kappa shape index (κ3) is 2.91. The minimum absolute atomic E-state index is 0.00518. The van der Waals surface area contributed by atoms with Crippen LogP contribution in [-0.4, -0.2) is 24.8 Å². The largest absolute Gasteiger partial charge is 0.496 e. The molecule has 3 aliphatic rings. The second kappa shape index (κ2) is 6.72. The summed E-state index contributed by atoms with van der Waals surface area (Å²) in [5, 5.41) is 3.72. The molecule has 0 atom stereocenters. The van der Waals surface area contributed by atoms with Crippen molar-refractivity contribution in [1.82, 2.24) is 4.98 Å². The first kappa shape index (κ1) is 18.7. The zero-order chi connectivity index (χ0) is 21.1. The molecule has 0 unspecified atom stereocenters. The number of para-hydroxylation sites is 1. The minimum Gasteiger partial charge on any atom is -0.496 e. The van der Waals surface area contributed by atoms with E-state index >= 15 is 0 Å². The lowest BCUT2D eigenvalue weighted by atomic mass is 9.94. The van der Waals surface area contributed by atoms with E-state index in [2.05, 4.69) is 16.4 Å². The Morgan fingerprint density at radius 3 is 2.68 bits per heavy atom. The fourth-order valence-corrected chi connectivity index (χ4v) is 5.62. The fraction of sp³-hybridized carbons (Fsp3) is 0.333. The maximum Gasteiger partial charge on any atom is 0.236 e. The van der Waals surface area contributed by atoms with Gasteiger partial charge in [-0.1, -0.05) is 24.3 Å². The molecule has 1 amide bonds. The van der Waals surface area contributed by atoms with Crippen LogP contribution in [0.4, 0.5) is 5.13 Å². The van der Waals surface area contributed by atoms with Gasteiger partial charge in [-0.2, -0.15) is 0 Å². The number of aromatic nitrogens is 1. The van der Waals surface area contributed by atoms with Crippen LogP contribution >= 0.6 is 11.3 Å². The van der Waals surface area contributed by atoms with Gasteiger partial charge in [0.1, 0.15) is 5.75 Å². The van der Waals surface area contributed by atoms with Crippen molar-refractivity contribution < 1.29 is 19.0 Å². The number of anilines is 1. The number of nitrogens with zero attached hydrogens (tertiary/aromatic N) is 1. The molecule has 1 N–H and O–H groups in total.